The quantitative estimate of drug-likeness (QED) is 0.777. The monoisotopic (exact) mass is 271 g/mol. The Morgan fingerprint density at radius 2 is 2.17 bits per heavy atom. The number of amidine groups is 1. The van der Waals surface area contributed by atoms with Crippen LogP contribution in [0.15, 0.2) is 4.99 Å². The number of amides is 1. The molecule has 1 fully saturated rings. The number of hydrogen-bond donors (Lipinski definition) is 2. The molecule has 104 valence electrons. The Kier molecular flexibility index (Phi) is 5.99. The van der Waals surface area contributed by atoms with E-state index in [4.69, 9.17) is 0 Å². The van der Waals surface area contributed by atoms with Gasteiger partial charge in [-0.3, -0.25) is 9.79 Å². The highest BCUT2D eigenvalue weighted by Crippen LogP contribution is 2.28. The Morgan fingerprint density at radius 1 is 1.50 bits per heavy atom. The van der Waals surface area contributed by atoms with Crippen molar-refractivity contribution in [2.45, 2.75) is 46.1 Å². The standard InChI is InChI=1S/C13H25N3OS/c1-5-13(6-2)9-18-12(16-13)15-8-11(17)14-7-10(3)4/h10H,5-9H2,1-4H3,(H,14,17)(H,15,16). The highest BCUT2D eigenvalue weighted by atomic mass is 32.2. The Balaban J connectivity index is 2.38. The molecule has 1 amide bonds. The molecule has 0 aromatic carbocycles. The largest absolute Gasteiger partial charge is 0.359 e. The van der Waals surface area contributed by atoms with Crippen LogP contribution in [0.3, 0.4) is 0 Å². The van der Waals surface area contributed by atoms with Gasteiger partial charge < -0.3 is 10.6 Å². The van der Waals surface area contributed by atoms with E-state index in [9.17, 15) is 4.79 Å². The molecule has 1 aliphatic heterocycles. The van der Waals surface area contributed by atoms with E-state index in [-0.39, 0.29) is 18.0 Å². The van der Waals surface area contributed by atoms with E-state index in [2.05, 4.69) is 43.3 Å². The van der Waals surface area contributed by atoms with E-state index in [0.29, 0.717) is 5.92 Å². The molecular formula is C13H25N3OS. The molecule has 0 radical (unpaired) electrons. The summed E-state index contributed by atoms with van der Waals surface area (Å²) in [7, 11) is 0. The highest BCUT2D eigenvalue weighted by molar-refractivity contribution is 8.14. The molecule has 0 saturated carbocycles. The van der Waals surface area contributed by atoms with Gasteiger partial charge >= 0.3 is 0 Å². The molecule has 0 aromatic heterocycles. The summed E-state index contributed by atoms with van der Waals surface area (Å²) in [6.45, 7) is 9.49. The lowest BCUT2D eigenvalue weighted by Gasteiger charge is -2.25. The smallest absolute Gasteiger partial charge is 0.241 e. The van der Waals surface area contributed by atoms with Gasteiger partial charge in [0.15, 0.2) is 5.17 Å². The van der Waals surface area contributed by atoms with Gasteiger partial charge in [-0.15, -0.1) is 0 Å². The van der Waals surface area contributed by atoms with Crippen LogP contribution in [0.2, 0.25) is 0 Å². The third kappa shape index (κ3) is 4.52. The van der Waals surface area contributed by atoms with Crippen molar-refractivity contribution in [1.82, 2.24) is 10.6 Å². The lowest BCUT2D eigenvalue weighted by atomic mass is 9.96. The summed E-state index contributed by atoms with van der Waals surface area (Å²) in [6.07, 6.45) is 2.18. The summed E-state index contributed by atoms with van der Waals surface area (Å²) in [5, 5.41) is 7.24. The number of aliphatic imine (C=N–C) groups is 1. The molecule has 0 unspecified atom stereocenters. The van der Waals surface area contributed by atoms with E-state index >= 15 is 0 Å². The summed E-state index contributed by atoms with van der Waals surface area (Å²) < 4.78 is 0. The van der Waals surface area contributed by atoms with E-state index in [1.54, 1.807) is 11.8 Å². The summed E-state index contributed by atoms with van der Waals surface area (Å²) in [5.74, 6) is 1.53. The predicted octanol–water partition coefficient (Wildman–Crippen LogP) is 2.01. The molecule has 18 heavy (non-hydrogen) atoms. The molecule has 0 bridgehead atoms. The van der Waals surface area contributed by atoms with Crippen molar-refractivity contribution in [2.75, 3.05) is 18.8 Å². The number of hydrogen-bond acceptors (Lipinski definition) is 3. The van der Waals surface area contributed by atoms with Crippen LogP contribution in [-0.2, 0) is 4.79 Å². The van der Waals surface area contributed by atoms with Gasteiger partial charge in [0, 0.05) is 17.8 Å². The van der Waals surface area contributed by atoms with Crippen molar-refractivity contribution in [2.24, 2.45) is 10.9 Å². The number of carbonyl (C=O) groups excluding carboxylic acids is 1. The molecule has 5 heteroatoms. The van der Waals surface area contributed by atoms with E-state index in [0.717, 1.165) is 30.3 Å². The zero-order valence-corrected chi connectivity index (χ0v) is 12.7. The first kappa shape index (κ1) is 15.3. The fraction of sp³-hybridized carbons (Fsp3) is 0.846. The van der Waals surface area contributed by atoms with Gasteiger partial charge in [0.05, 0.1) is 0 Å². The number of nitrogens with zero attached hydrogens (tertiary/aromatic N) is 1. The van der Waals surface area contributed by atoms with E-state index < -0.39 is 0 Å². The first-order chi connectivity index (χ1) is 8.51. The first-order valence-electron chi connectivity index (χ1n) is 6.73. The Morgan fingerprint density at radius 3 is 2.67 bits per heavy atom. The lowest BCUT2D eigenvalue weighted by molar-refractivity contribution is -0.119. The Hall–Kier alpha value is -0.710. The molecule has 1 aliphatic rings. The highest BCUT2D eigenvalue weighted by Gasteiger charge is 2.33. The third-order valence-corrected chi connectivity index (χ3v) is 4.49. The van der Waals surface area contributed by atoms with Crippen molar-refractivity contribution in [3.63, 3.8) is 0 Å². The predicted molar refractivity (Wildman–Crippen MR) is 79.1 cm³/mol. The van der Waals surface area contributed by atoms with E-state index in [1.165, 1.54) is 0 Å². The maximum Gasteiger partial charge on any atom is 0.241 e. The van der Waals surface area contributed by atoms with E-state index in [1.807, 2.05) is 0 Å². The van der Waals surface area contributed by atoms with Crippen LogP contribution in [0.1, 0.15) is 40.5 Å². The molecular weight excluding hydrogens is 246 g/mol. The minimum absolute atomic E-state index is 0.00379. The van der Waals surface area contributed by atoms with Gasteiger partial charge in [0.25, 0.3) is 0 Å². The second-order valence-corrected chi connectivity index (χ2v) is 6.18. The van der Waals surface area contributed by atoms with Crippen LogP contribution < -0.4 is 10.6 Å². The van der Waals surface area contributed by atoms with Gasteiger partial charge in [-0.2, -0.15) is 0 Å². The molecule has 0 aromatic rings. The number of rotatable bonds is 6. The second-order valence-electron chi connectivity index (χ2n) is 5.22. The minimum Gasteiger partial charge on any atom is -0.359 e. The first-order valence-corrected chi connectivity index (χ1v) is 7.72. The fourth-order valence-corrected chi connectivity index (χ4v) is 3.08. The van der Waals surface area contributed by atoms with Crippen molar-refractivity contribution < 1.29 is 4.79 Å². The van der Waals surface area contributed by atoms with Crippen LogP contribution >= 0.6 is 11.8 Å². The maximum atomic E-state index is 11.5. The van der Waals surface area contributed by atoms with Gasteiger partial charge in [0.2, 0.25) is 5.91 Å². The summed E-state index contributed by atoms with van der Waals surface area (Å²) >= 11 is 1.72. The molecule has 1 rings (SSSR count). The summed E-state index contributed by atoms with van der Waals surface area (Å²) in [6, 6.07) is 0. The summed E-state index contributed by atoms with van der Waals surface area (Å²) in [4.78, 5) is 15.9. The fourth-order valence-electron chi connectivity index (χ4n) is 1.74. The van der Waals surface area contributed by atoms with Crippen LogP contribution in [0.5, 0.6) is 0 Å². The number of carbonyl (C=O) groups is 1. The molecule has 0 aliphatic carbocycles. The molecule has 0 atom stereocenters. The van der Waals surface area contributed by atoms with Crippen molar-refractivity contribution in [3.05, 3.63) is 0 Å². The Bertz CT molecular complexity index is 311. The summed E-state index contributed by atoms with van der Waals surface area (Å²) in [5.41, 5.74) is 0.178. The topological polar surface area (TPSA) is 53.5 Å². The van der Waals surface area contributed by atoms with Gasteiger partial charge in [-0.25, -0.2) is 0 Å². The lowest BCUT2D eigenvalue weighted by Crippen LogP contribution is -2.42. The normalized spacial score (nSPS) is 20.2. The maximum absolute atomic E-state index is 11.5. The van der Waals surface area contributed by atoms with Crippen molar-refractivity contribution in [3.8, 4) is 0 Å². The zero-order valence-electron chi connectivity index (χ0n) is 11.9. The van der Waals surface area contributed by atoms with Gasteiger partial charge in [0.1, 0.15) is 6.54 Å². The number of thioether (sulfide) groups is 1. The molecule has 4 nitrogen and oxygen atoms in total. The van der Waals surface area contributed by atoms with Crippen LogP contribution in [0, 0.1) is 5.92 Å². The SMILES string of the molecule is CCC1(CC)CSC(=NCC(=O)NCC(C)C)N1. The van der Waals surface area contributed by atoms with Crippen LogP contribution in [0.25, 0.3) is 0 Å². The average Bonchev–Trinajstić information content (AvgIpc) is 2.78. The van der Waals surface area contributed by atoms with Gasteiger partial charge in [-0.05, 0) is 18.8 Å². The molecule has 0 spiro atoms. The van der Waals surface area contributed by atoms with Crippen molar-refractivity contribution in [1.29, 1.82) is 0 Å². The zero-order chi connectivity index (χ0) is 13.6. The van der Waals surface area contributed by atoms with Gasteiger partial charge in [-0.1, -0.05) is 39.5 Å². The minimum atomic E-state index is 0.00379. The second kappa shape index (κ2) is 7.02. The molecule has 1 heterocycles. The number of nitrogens with one attached hydrogen (secondary N) is 2. The van der Waals surface area contributed by atoms with Crippen molar-refractivity contribution >= 4 is 22.8 Å². The van der Waals surface area contributed by atoms with Crippen LogP contribution in [-0.4, -0.2) is 35.5 Å². The third-order valence-electron chi connectivity index (χ3n) is 3.28. The molecule has 1 saturated heterocycles. The Labute approximate surface area is 114 Å². The van der Waals surface area contributed by atoms with Crippen LogP contribution in [0.4, 0.5) is 0 Å². The molecule has 2 N–H and O–H groups in total. The average molecular weight is 271 g/mol.